The van der Waals surface area contributed by atoms with Crippen molar-refractivity contribution < 1.29 is 9.53 Å². The smallest absolute Gasteiger partial charge is 0.251 e. The first kappa shape index (κ1) is 14.5. The number of hydrogen-bond donors (Lipinski definition) is 2. The van der Waals surface area contributed by atoms with Crippen LogP contribution >= 0.6 is 0 Å². The summed E-state index contributed by atoms with van der Waals surface area (Å²) in [5.41, 5.74) is 6.30. The maximum absolute atomic E-state index is 12.3. The molecular weight excluding hydrogens is 278 g/mol. The van der Waals surface area contributed by atoms with Crippen LogP contribution in [0.1, 0.15) is 23.2 Å². The van der Waals surface area contributed by atoms with Crippen LogP contribution in [0.15, 0.2) is 48.8 Å². The summed E-state index contributed by atoms with van der Waals surface area (Å²) < 4.78 is 5.72. The average molecular weight is 297 g/mol. The van der Waals surface area contributed by atoms with E-state index < -0.39 is 0 Å². The molecule has 1 fully saturated rings. The van der Waals surface area contributed by atoms with E-state index in [4.69, 9.17) is 10.5 Å². The van der Waals surface area contributed by atoms with Gasteiger partial charge in [0.2, 0.25) is 0 Å². The van der Waals surface area contributed by atoms with Crippen molar-refractivity contribution in [3.8, 4) is 11.5 Å². The molecule has 0 spiro atoms. The van der Waals surface area contributed by atoms with E-state index in [9.17, 15) is 4.79 Å². The Morgan fingerprint density at radius 1 is 1.27 bits per heavy atom. The Bertz CT molecular complexity index is 641. The van der Waals surface area contributed by atoms with E-state index in [-0.39, 0.29) is 11.9 Å². The summed E-state index contributed by atoms with van der Waals surface area (Å²) in [4.78, 5) is 16.3. The van der Waals surface area contributed by atoms with Crippen molar-refractivity contribution in [3.63, 3.8) is 0 Å². The van der Waals surface area contributed by atoms with Crippen LogP contribution < -0.4 is 15.8 Å². The number of nitrogens with zero attached hydrogens (tertiary/aromatic N) is 1. The van der Waals surface area contributed by atoms with E-state index in [0.717, 1.165) is 12.8 Å². The molecule has 0 bridgehead atoms. The number of rotatable bonds is 6. The van der Waals surface area contributed by atoms with Crippen LogP contribution in [0.2, 0.25) is 0 Å². The molecule has 1 heterocycles. The van der Waals surface area contributed by atoms with Gasteiger partial charge in [0.15, 0.2) is 0 Å². The first-order valence-corrected chi connectivity index (χ1v) is 7.45. The number of nitrogens with one attached hydrogen (secondary N) is 1. The molecule has 1 aromatic heterocycles. The zero-order valence-electron chi connectivity index (χ0n) is 12.2. The largest absolute Gasteiger partial charge is 0.457 e. The lowest BCUT2D eigenvalue weighted by molar-refractivity contribution is 0.0933. The minimum atomic E-state index is -0.109. The van der Waals surface area contributed by atoms with Gasteiger partial charge >= 0.3 is 0 Å². The van der Waals surface area contributed by atoms with Gasteiger partial charge in [0.05, 0.1) is 0 Å². The number of ether oxygens (including phenoxy) is 1. The normalized spacial score (nSPS) is 15.1. The number of benzene rings is 1. The summed E-state index contributed by atoms with van der Waals surface area (Å²) in [6.45, 7) is 0.476. The number of carbonyl (C=O) groups is 1. The van der Waals surface area contributed by atoms with Gasteiger partial charge in [-0.15, -0.1) is 0 Å². The molecule has 2 aromatic rings. The van der Waals surface area contributed by atoms with Crippen molar-refractivity contribution in [2.45, 2.75) is 18.9 Å². The number of pyridine rings is 1. The lowest BCUT2D eigenvalue weighted by Crippen LogP contribution is -2.41. The van der Waals surface area contributed by atoms with Gasteiger partial charge < -0.3 is 15.8 Å². The van der Waals surface area contributed by atoms with Crippen LogP contribution in [0.5, 0.6) is 11.5 Å². The molecule has 22 heavy (non-hydrogen) atoms. The molecular formula is C17H19N3O2. The van der Waals surface area contributed by atoms with Crippen LogP contribution in [0.4, 0.5) is 0 Å². The lowest BCUT2D eigenvalue weighted by Gasteiger charge is -2.16. The van der Waals surface area contributed by atoms with Gasteiger partial charge in [0, 0.05) is 30.5 Å². The molecule has 1 amide bonds. The minimum absolute atomic E-state index is 0.0669. The van der Waals surface area contributed by atoms with Crippen molar-refractivity contribution in [2.75, 3.05) is 6.54 Å². The van der Waals surface area contributed by atoms with Crippen LogP contribution in [-0.4, -0.2) is 23.5 Å². The van der Waals surface area contributed by atoms with Crippen LogP contribution in [0.3, 0.4) is 0 Å². The van der Waals surface area contributed by atoms with E-state index in [1.54, 1.807) is 42.7 Å². The molecule has 3 N–H and O–H groups in total. The van der Waals surface area contributed by atoms with Crippen LogP contribution in [0, 0.1) is 5.92 Å². The fourth-order valence-electron chi connectivity index (χ4n) is 2.36. The molecule has 1 saturated carbocycles. The standard InChI is InChI=1S/C17H19N3O2/c18-11-16(12-4-5-12)20-17(21)13-2-1-3-15(10-13)22-14-6-8-19-9-7-14/h1-3,6-10,12,16H,4-5,11,18H2,(H,20,21). The van der Waals surface area contributed by atoms with Crippen molar-refractivity contribution in [3.05, 3.63) is 54.4 Å². The van der Waals surface area contributed by atoms with Crippen molar-refractivity contribution in [2.24, 2.45) is 11.7 Å². The molecule has 1 unspecified atom stereocenters. The minimum Gasteiger partial charge on any atom is -0.457 e. The van der Waals surface area contributed by atoms with Crippen molar-refractivity contribution in [1.29, 1.82) is 0 Å². The van der Waals surface area contributed by atoms with E-state index in [1.165, 1.54) is 0 Å². The van der Waals surface area contributed by atoms with E-state index in [0.29, 0.717) is 29.5 Å². The Morgan fingerprint density at radius 3 is 2.73 bits per heavy atom. The fraction of sp³-hybridized carbons (Fsp3) is 0.294. The second-order valence-corrected chi connectivity index (χ2v) is 5.47. The third-order valence-electron chi connectivity index (χ3n) is 3.74. The van der Waals surface area contributed by atoms with Gasteiger partial charge in [-0.05, 0) is 49.1 Å². The Kier molecular flexibility index (Phi) is 4.34. The number of aromatic nitrogens is 1. The third kappa shape index (κ3) is 3.62. The highest BCUT2D eigenvalue weighted by molar-refractivity contribution is 5.94. The summed E-state index contributed by atoms with van der Waals surface area (Å²) in [7, 11) is 0. The number of amides is 1. The molecule has 1 aliphatic carbocycles. The zero-order valence-corrected chi connectivity index (χ0v) is 12.2. The summed E-state index contributed by atoms with van der Waals surface area (Å²) in [6, 6.07) is 10.7. The molecule has 3 rings (SSSR count). The van der Waals surface area contributed by atoms with Gasteiger partial charge in [0.1, 0.15) is 11.5 Å². The molecule has 5 nitrogen and oxygen atoms in total. The molecule has 5 heteroatoms. The predicted molar refractivity (Wildman–Crippen MR) is 83.8 cm³/mol. The second kappa shape index (κ2) is 6.58. The highest BCUT2D eigenvalue weighted by atomic mass is 16.5. The van der Waals surface area contributed by atoms with Crippen molar-refractivity contribution >= 4 is 5.91 Å². The van der Waals surface area contributed by atoms with Crippen LogP contribution in [0.25, 0.3) is 0 Å². The van der Waals surface area contributed by atoms with Gasteiger partial charge in [-0.2, -0.15) is 0 Å². The Labute approximate surface area is 129 Å². The third-order valence-corrected chi connectivity index (χ3v) is 3.74. The lowest BCUT2D eigenvalue weighted by atomic mass is 10.1. The van der Waals surface area contributed by atoms with Gasteiger partial charge in [-0.1, -0.05) is 6.07 Å². The molecule has 1 aromatic carbocycles. The molecule has 1 aliphatic rings. The van der Waals surface area contributed by atoms with Gasteiger partial charge in [0.25, 0.3) is 5.91 Å². The summed E-state index contributed by atoms with van der Waals surface area (Å²) in [6.07, 6.45) is 5.61. The van der Waals surface area contributed by atoms with Crippen molar-refractivity contribution in [1.82, 2.24) is 10.3 Å². The fourth-order valence-corrected chi connectivity index (χ4v) is 2.36. The van der Waals surface area contributed by atoms with Gasteiger partial charge in [-0.3, -0.25) is 9.78 Å². The Morgan fingerprint density at radius 2 is 2.05 bits per heavy atom. The SMILES string of the molecule is NCC(NC(=O)c1cccc(Oc2ccncc2)c1)C1CC1. The molecule has 0 saturated heterocycles. The first-order valence-electron chi connectivity index (χ1n) is 7.45. The number of hydrogen-bond acceptors (Lipinski definition) is 4. The first-order chi connectivity index (χ1) is 10.8. The predicted octanol–water partition coefficient (Wildman–Crippen LogP) is 2.34. The number of carbonyl (C=O) groups excluding carboxylic acids is 1. The van der Waals surface area contributed by atoms with Gasteiger partial charge in [-0.25, -0.2) is 0 Å². The highest BCUT2D eigenvalue weighted by Gasteiger charge is 2.31. The molecule has 1 atom stereocenters. The average Bonchev–Trinajstić information content (AvgIpc) is 3.38. The monoisotopic (exact) mass is 297 g/mol. The second-order valence-electron chi connectivity index (χ2n) is 5.47. The molecule has 114 valence electrons. The van der Waals surface area contributed by atoms with E-state index in [2.05, 4.69) is 10.3 Å². The summed E-state index contributed by atoms with van der Waals surface area (Å²) >= 11 is 0. The Hall–Kier alpha value is -2.40. The topological polar surface area (TPSA) is 77.2 Å². The number of nitrogens with two attached hydrogens (primary N) is 1. The van der Waals surface area contributed by atoms with Crippen LogP contribution in [-0.2, 0) is 0 Å². The molecule has 0 aliphatic heterocycles. The molecule has 0 radical (unpaired) electrons. The Balaban J connectivity index is 1.69. The summed E-state index contributed by atoms with van der Waals surface area (Å²) in [5.74, 6) is 1.73. The van der Waals surface area contributed by atoms with E-state index in [1.807, 2.05) is 6.07 Å². The highest BCUT2D eigenvalue weighted by Crippen LogP contribution is 2.32. The quantitative estimate of drug-likeness (QED) is 0.858. The van der Waals surface area contributed by atoms with E-state index >= 15 is 0 Å². The summed E-state index contributed by atoms with van der Waals surface area (Å²) in [5, 5.41) is 3.01. The zero-order chi connectivity index (χ0) is 15.4. The maximum Gasteiger partial charge on any atom is 0.251 e. The maximum atomic E-state index is 12.3.